The summed E-state index contributed by atoms with van der Waals surface area (Å²) >= 11 is 0. The van der Waals surface area contributed by atoms with Crippen molar-refractivity contribution in [2.45, 2.75) is 105 Å². The van der Waals surface area contributed by atoms with E-state index in [0.29, 0.717) is 34.3 Å². The Morgan fingerprint density at radius 2 is 1.60 bits per heavy atom. The third-order valence-electron chi connectivity index (χ3n) is 14.0. The van der Waals surface area contributed by atoms with Crippen molar-refractivity contribution >= 4 is 17.5 Å². The summed E-state index contributed by atoms with van der Waals surface area (Å²) in [5.41, 5.74) is 4.18. The van der Waals surface area contributed by atoms with Crippen molar-refractivity contribution in [1.82, 2.24) is 5.32 Å². The van der Waals surface area contributed by atoms with Gasteiger partial charge < -0.3 is 15.5 Å². The highest BCUT2D eigenvalue weighted by Crippen LogP contribution is 2.73. The Kier molecular flexibility index (Phi) is 7.68. The molecular weight excluding hydrogens is 522 g/mol. The molecule has 0 heterocycles. The number of aromatic carboxylic acids is 1. The predicted octanol–water partition coefficient (Wildman–Crippen LogP) is 8.30. The third-order valence-corrected chi connectivity index (χ3v) is 14.0. The van der Waals surface area contributed by atoms with Crippen LogP contribution in [-0.4, -0.2) is 35.2 Å². The molecule has 1 aromatic carbocycles. The summed E-state index contributed by atoms with van der Waals surface area (Å²) in [5.74, 6) is 2.35. The van der Waals surface area contributed by atoms with Crippen molar-refractivity contribution < 1.29 is 19.8 Å². The highest BCUT2D eigenvalue weighted by atomic mass is 16.4. The number of aliphatic carboxylic acids is 1. The molecule has 0 bridgehead atoms. The predicted molar refractivity (Wildman–Crippen MR) is 167 cm³/mol. The lowest BCUT2D eigenvalue weighted by molar-refractivity contribution is -0.178. The van der Waals surface area contributed by atoms with Crippen molar-refractivity contribution in [3.63, 3.8) is 0 Å². The fourth-order valence-electron chi connectivity index (χ4n) is 12.3. The summed E-state index contributed by atoms with van der Waals surface area (Å²) in [7, 11) is 0. The first-order chi connectivity index (χ1) is 19.9. The van der Waals surface area contributed by atoms with Gasteiger partial charge in [0.15, 0.2) is 0 Å². The number of allylic oxidation sites excluding steroid dienone is 2. The van der Waals surface area contributed by atoms with E-state index in [1.807, 2.05) is 12.1 Å². The number of carbonyl (C=O) groups is 2. The molecule has 5 heteroatoms. The van der Waals surface area contributed by atoms with Gasteiger partial charge in [-0.05, 0) is 145 Å². The lowest BCUT2D eigenvalue weighted by Crippen LogP contribution is -2.61. The van der Waals surface area contributed by atoms with Crippen LogP contribution in [0.4, 0.5) is 0 Å². The molecular formula is C37H53NO4. The molecule has 0 amide bonds. The molecule has 0 saturated heterocycles. The zero-order valence-electron chi connectivity index (χ0n) is 26.4. The number of carboxylic acid groups (broad SMARTS) is 2. The number of rotatable bonds is 8. The van der Waals surface area contributed by atoms with E-state index in [-0.39, 0.29) is 11.8 Å². The van der Waals surface area contributed by atoms with Crippen molar-refractivity contribution in [3.8, 4) is 0 Å². The fourth-order valence-corrected chi connectivity index (χ4v) is 12.3. The molecule has 42 heavy (non-hydrogen) atoms. The van der Waals surface area contributed by atoms with Gasteiger partial charge in [0.1, 0.15) is 0 Å². The summed E-state index contributed by atoms with van der Waals surface area (Å²) in [6.45, 7) is 11.8. The van der Waals surface area contributed by atoms with Gasteiger partial charge in [0.05, 0.1) is 12.0 Å². The molecule has 5 nitrogen and oxygen atoms in total. The van der Waals surface area contributed by atoms with E-state index >= 15 is 0 Å². The van der Waals surface area contributed by atoms with Gasteiger partial charge in [-0.3, -0.25) is 4.79 Å². The van der Waals surface area contributed by atoms with Crippen molar-refractivity contribution in [2.24, 2.45) is 51.2 Å². The lowest BCUT2D eigenvalue weighted by atomic mass is 9.36. The minimum absolute atomic E-state index is 0.0523. The molecule has 0 spiro atoms. The maximum atomic E-state index is 11.4. The molecule has 6 rings (SSSR count). The second-order valence-corrected chi connectivity index (χ2v) is 16.0. The molecule has 5 aliphatic rings. The maximum Gasteiger partial charge on any atom is 0.335 e. The van der Waals surface area contributed by atoms with E-state index in [9.17, 15) is 14.7 Å². The molecule has 8 atom stereocenters. The van der Waals surface area contributed by atoms with Gasteiger partial charge in [0, 0.05) is 6.54 Å². The van der Waals surface area contributed by atoms with Crippen LogP contribution in [0.15, 0.2) is 30.3 Å². The topological polar surface area (TPSA) is 86.6 Å². The van der Waals surface area contributed by atoms with Gasteiger partial charge >= 0.3 is 11.9 Å². The Bertz CT molecular complexity index is 1230. The number of nitrogens with one attached hydrogen (secondary N) is 1. The first-order valence-electron chi connectivity index (χ1n) is 16.9. The standard InChI is InChI=1S/C37H53NO4/c1-34(2)27(24-7-9-25(10-8-24)33(41)42)13-18-36(4)30(34)15-19-35(3)28-14-20-37(21-23-38-22-16-32(39)40)17-5-6-29(37)26(28)11-12-31(35)36/h7-10,13,26,28-31,38H,5-6,11-12,14-23H2,1-4H3,(H,39,40)(H,41,42)/t26-,28?,29?,30?,31?,35-,36-,37?/m0/s1. The Balaban J connectivity index is 1.21. The normalized spacial score (nSPS) is 40.2. The smallest absolute Gasteiger partial charge is 0.335 e. The van der Waals surface area contributed by atoms with Crippen LogP contribution in [-0.2, 0) is 4.79 Å². The van der Waals surface area contributed by atoms with Gasteiger partial charge in [0.2, 0.25) is 0 Å². The van der Waals surface area contributed by atoms with Crippen LogP contribution < -0.4 is 5.32 Å². The first-order valence-corrected chi connectivity index (χ1v) is 16.9. The molecule has 0 radical (unpaired) electrons. The van der Waals surface area contributed by atoms with E-state index in [1.54, 1.807) is 12.1 Å². The number of fused-ring (bicyclic) bond motifs is 7. The van der Waals surface area contributed by atoms with Crippen LogP contribution in [0.1, 0.15) is 121 Å². The molecule has 0 aromatic heterocycles. The zero-order chi connectivity index (χ0) is 29.9. The Labute approximate surface area is 252 Å². The summed E-state index contributed by atoms with van der Waals surface area (Å²) in [5, 5.41) is 21.9. The largest absolute Gasteiger partial charge is 0.481 e. The van der Waals surface area contributed by atoms with E-state index in [1.165, 1.54) is 75.3 Å². The lowest BCUT2D eigenvalue weighted by Gasteiger charge is -2.68. The van der Waals surface area contributed by atoms with E-state index < -0.39 is 11.9 Å². The molecule has 1 aromatic rings. The van der Waals surface area contributed by atoms with Gasteiger partial charge in [-0.15, -0.1) is 0 Å². The number of hydrogen-bond donors (Lipinski definition) is 3. The van der Waals surface area contributed by atoms with Crippen molar-refractivity contribution in [1.29, 1.82) is 0 Å². The summed E-state index contributed by atoms with van der Waals surface area (Å²) in [6, 6.07) is 7.57. The number of benzene rings is 1. The maximum absolute atomic E-state index is 11.4. The third kappa shape index (κ3) is 4.68. The van der Waals surface area contributed by atoms with Crippen LogP contribution >= 0.6 is 0 Å². The second-order valence-electron chi connectivity index (χ2n) is 16.0. The van der Waals surface area contributed by atoms with Crippen LogP contribution in [0.5, 0.6) is 0 Å². The highest BCUT2D eigenvalue weighted by Gasteiger charge is 2.65. The summed E-state index contributed by atoms with van der Waals surface area (Å²) < 4.78 is 0. The quantitative estimate of drug-likeness (QED) is 0.272. The van der Waals surface area contributed by atoms with Crippen LogP contribution in [0, 0.1) is 51.2 Å². The number of carboxylic acids is 2. The monoisotopic (exact) mass is 575 g/mol. The van der Waals surface area contributed by atoms with Crippen LogP contribution in [0.25, 0.3) is 5.57 Å². The average Bonchev–Trinajstić information content (AvgIpc) is 3.37. The SMILES string of the molecule is CC1(C)C(c2ccc(C(=O)O)cc2)=CC[C@@]2(C)C1CC[C@@]1(C)C3CCC4(CCNCCC(=O)O)CCCC4[C@H]3CCC12. The Morgan fingerprint density at radius 1 is 0.833 bits per heavy atom. The zero-order valence-corrected chi connectivity index (χ0v) is 26.4. The Hall–Kier alpha value is -2.14. The van der Waals surface area contributed by atoms with E-state index in [4.69, 9.17) is 5.11 Å². The van der Waals surface area contributed by atoms with E-state index in [0.717, 1.165) is 36.6 Å². The molecule has 4 saturated carbocycles. The molecule has 5 aliphatic carbocycles. The van der Waals surface area contributed by atoms with Crippen molar-refractivity contribution in [3.05, 3.63) is 41.5 Å². The van der Waals surface area contributed by atoms with Gasteiger partial charge in [-0.2, -0.15) is 0 Å². The van der Waals surface area contributed by atoms with Gasteiger partial charge in [-0.1, -0.05) is 52.3 Å². The molecule has 5 unspecified atom stereocenters. The van der Waals surface area contributed by atoms with Gasteiger partial charge in [0.25, 0.3) is 0 Å². The van der Waals surface area contributed by atoms with Crippen molar-refractivity contribution in [2.75, 3.05) is 13.1 Å². The van der Waals surface area contributed by atoms with Gasteiger partial charge in [-0.25, -0.2) is 4.79 Å². The highest BCUT2D eigenvalue weighted by molar-refractivity contribution is 5.88. The van der Waals surface area contributed by atoms with Crippen LogP contribution in [0.2, 0.25) is 0 Å². The number of hydrogen-bond acceptors (Lipinski definition) is 3. The average molecular weight is 576 g/mol. The molecule has 0 aliphatic heterocycles. The fraction of sp³-hybridized carbons (Fsp3) is 0.730. The minimum Gasteiger partial charge on any atom is -0.481 e. The second kappa shape index (κ2) is 10.8. The summed E-state index contributed by atoms with van der Waals surface area (Å²) in [6.07, 6.45) is 17.4. The summed E-state index contributed by atoms with van der Waals surface area (Å²) in [4.78, 5) is 22.4. The molecule has 3 N–H and O–H groups in total. The van der Waals surface area contributed by atoms with E-state index in [2.05, 4.69) is 39.1 Å². The first kappa shape index (κ1) is 29.9. The van der Waals surface area contributed by atoms with Crippen LogP contribution in [0.3, 0.4) is 0 Å². The molecule has 4 fully saturated rings. The minimum atomic E-state index is -0.863. The molecule has 230 valence electrons. The Morgan fingerprint density at radius 3 is 2.31 bits per heavy atom.